The molecule has 15 heteroatoms. The number of carbonyl (C=O) groups excluding carboxylic acids is 1. The number of fused-ring (bicyclic) bond motifs is 1. The Labute approximate surface area is 381 Å². The van der Waals surface area contributed by atoms with E-state index in [1.807, 2.05) is 12.1 Å². The van der Waals surface area contributed by atoms with Crippen LogP contribution < -0.4 is 14.4 Å². The first-order valence-corrected chi connectivity index (χ1v) is 24.8. The van der Waals surface area contributed by atoms with E-state index < -0.39 is 25.7 Å². The number of amides is 1. The number of aryl methyl sites for hydroxylation is 1. The summed E-state index contributed by atoms with van der Waals surface area (Å²) in [5.41, 5.74) is 4.71. The van der Waals surface area contributed by atoms with Gasteiger partial charge in [0.2, 0.25) is 0 Å². The fourth-order valence-electron chi connectivity index (χ4n) is 10.9. The van der Waals surface area contributed by atoms with Crippen LogP contribution in [-0.2, 0) is 21.2 Å². The average Bonchev–Trinajstić information content (AvgIpc) is 3.76. The van der Waals surface area contributed by atoms with Gasteiger partial charge in [0.25, 0.3) is 21.6 Å². The molecule has 1 amide bonds. The van der Waals surface area contributed by atoms with Gasteiger partial charge >= 0.3 is 0 Å². The first-order chi connectivity index (χ1) is 31.2. The number of H-pyrrole nitrogens is 1. The maximum atomic E-state index is 14.0. The van der Waals surface area contributed by atoms with Crippen LogP contribution in [0.15, 0.2) is 84.1 Å². The predicted molar refractivity (Wildman–Crippen MR) is 250 cm³/mol. The second-order valence-electron chi connectivity index (χ2n) is 20.0. The van der Waals surface area contributed by atoms with Gasteiger partial charge in [-0.3, -0.25) is 24.8 Å². The maximum absolute atomic E-state index is 14.0. The number of nitro groups is 1. The van der Waals surface area contributed by atoms with Crippen molar-refractivity contribution in [3.05, 3.63) is 112 Å². The number of rotatable bonds is 13. The lowest BCUT2D eigenvalue weighted by Gasteiger charge is -2.57. The molecule has 2 aliphatic heterocycles. The lowest BCUT2D eigenvalue weighted by Crippen LogP contribution is -2.58. The van der Waals surface area contributed by atoms with E-state index in [1.54, 1.807) is 30.6 Å². The van der Waals surface area contributed by atoms with Gasteiger partial charge in [-0.1, -0.05) is 52.0 Å². The zero-order valence-corrected chi connectivity index (χ0v) is 38.7. The third-order valence-electron chi connectivity index (χ3n) is 14.9. The number of piperidine rings is 1. The van der Waals surface area contributed by atoms with Crippen LogP contribution in [0.25, 0.3) is 11.0 Å². The highest BCUT2D eigenvalue weighted by molar-refractivity contribution is 7.90. The molecular weight excluding hydrogens is 843 g/mol. The van der Waals surface area contributed by atoms with Crippen LogP contribution >= 0.6 is 0 Å². The van der Waals surface area contributed by atoms with E-state index in [1.165, 1.54) is 11.1 Å². The molecule has 4 fully saturated rings. The summed E-state index contributed by atoms with van der Waals surface area (Å²) in [6, 6.07) is 19.4. The number of ether oxygens (including phenoxy) is 2. The monoisotopic (exact) mass is 903 g/mol. The first-order valence-electron chi connectivity index (χ1n) is 23.3. The minimum atomic E-state index is -4.58. The molecule has 344 valence electrons. The van der Waals surface area contributed by atoms with Crippen LogP contribution in [0.1, 0.15) is 125 Å². The number of anilines is 1. The number of aromatic amines is 1. The minimum absolute atomic E-state index is 0.0179. The summed E-state index contributed by atoms with van der Waals surface area (Å²) in [6.45, 7) is 13.1. The van der Waals surface area contributed by atoms with Crippen molar-refractivity contribution in [3.8, 4) is 11.5 Å². The molecule has 3 aromatic heterocycles. The van der Waals surface area contributed by atoms with Gasteiger partial charge in [-0.25, -0.2) is 18.1 Å². The van der Waals surface area contributed by atoms with Crippen molar-refractivity contribution in [3.63, 3.8) is 0 Å². The lowest BCUT2D eigenvalue weighted by atomic mass is 9.59. The van der Waals surface area contributed by atoms with Gasteiger partial charge in [-0.15, -0.1) is 0 Å². The summed E-state index contributed by atoms with van der Waals surface area (Å²) in [7, 11) is -4.58. The zero-order valence-electron chi connectivity index (χ0n) is 37.9. The maximum Gasteiger partial charge on any atom is 0.292 e. The molecule has 2 N–H and O–H groups in total. The van der Waals surface area contributed by atoms with Crippen LogP contribution in [0.2, 0.25) is 0 Å². The van der Waals surface area contributed by atoms with Gasteiger partial charge in [-0.2, -0.15) is 0 Å². The second kappa shape index (κ2) is 18.1. The van der Waals surface area contributed by atoms with Crippen LogP contribution in [0.5, 0.6) is 11.5 Å². The molecule has 14 nitrogen and oxygen atoms in total. The highest BCUT2D eigenvalue weighted by atomic mass is 32.2. The van der Waals surface area contributed by atoms with Gasteiger partial charge in [0.1, 0.15) is 27.7 Å². The predicted octanol–water partition coefficient (Wildman–Crippen LogP) is 9.87. The van der Waals surface area contributed by atoms with E-state index in [9.17, 15) is 23.3 Å². The normalized spacial score (nSPS) is 20.5. The number of hydrogen-bond acceptors (Lipinski definition) is 11. The number of hydrogen-bond donors (Lipinski definition) is 2. The summed E-state index contributed by atoms with van der Waals surface area (Å²) in [5.74, 6) is 0.459. The largest absolute Gasteiger partial charge is 0.455 e. The Morgan fingerprint density at radius 1 is 1.00 bits per heavy atom. The van der Waals surface area contributed by atoms with E-state index in [2.05, 4.69) is 81.4 Å². The Morgan fingerprint density at radius 3 is 2.52 bits per heavy atom. The molecule has 4 aliphatic rings. The highest BCUT2D eigenvalue weighted by Gasteiger charge is 2.49. The molecule has 0 unspecified atom stereocenters. The topological polar surface area (TPSA) is 173 Å². The average molecular weight is 904 g/mol. The molecule has 1 spiro atoms. The fraction of sp³-hybridized carbons (Fsp3) is 0.500. The molecule has 2 aliphatic carbocycles. The summed E-state index contributed by atoms with van der Waals surface area (Å²) in [6.07, 6.45) is 14.2. The smallest absolute Gasteiger partial charge is 0.292 e. The number of pyridine rings is 2. The Morgan fingerprint density at radius 2 is 1.77 bits per heavy atom. The summed E-state index contributed by atoms with van der Waals surface area (Å²) in [5, 5.41) is 13.0. The summed E-state index contributed by atoms with van der Waals surface area (Å²) >= 11 is 0. The Hall–Kier alpha value is -5.38. The minimum Gasteiger partial charge on any atom is -0.455 e. The molecule has 5 aromatic rings. The third-order valence-corrected chi connectivity index (χ3v) is 16.2. The van der Waals surface area contributed by atoms with Crippen molar-refractivity contribution in [2.45, 2.75) is 115 Å². The third kappa shape index (κ3) is 9.64. The highest BCUT2D eigenvalue weighted by Crippen LogP contribution is 2.53. The lowest BCUT2D eigenvalue weighted by molar-refractivity contribution is -0.386. The van der Waals surface area contributed by atoms with Crippen molar-refractivity contribution < 1.29 is 27.6 Å². The number of sulfonamides is 1. The number of nitrogens with one attached hydrogen (secondary N) is 2. The van der Waals surface area contributed by atoms with Crippen molar-refractivity contribution in [1.82, 2.24) is 24.6 Å². The fourth-order valence-corrected chi connectivity index (χ4v) is 11.8. The number of morpholine rings is 1. The van der Waals surface area contributed by atoms with Crippen LogP contribution in [0, 0.1) is 26.9 Å². The SMILES string of the molecule is CC(C)c1ccccc1[C@H]1COCCN1C1CC2(CCN(c3ccc(C(=O)NS(=O)(=O)c4cnc(CCC5CCC(C)(C)CC5)c([N+](=O)[O-])c4)c(Oc4cnc5[nH]ccc5c4)c3)CC2)C1. The molecule has 65 heavy (non-hydrogen) atoms. The van der Waals surface area contributed by atoms with Gasteiger partial charge in [0, 0.05) is 61.3 Å². The standard InChI is InChI=1S/C50H61N7O7S/c1-33(2)40-7-5-6-8-41(40)45-32-63-24-23-56(45)37-28-50(29-37)18-21-55(22-19-50)36-10-11-42(46(26-36)64-38-25-35-15-20-51-47(35)53-30-38)48(58)54-65(61,62)39-27-44(57(59)60)43(52-31-39)12-9-34-13-16-49(3,4)17-14-34/h5-8,10-11,15,20,25-27,30-31,33-34,37,45H,9,12-14,16-19,21-24,28-29,32H2,1-4H3,(H,51,53)(H,54,58)/t45-/m1/s1. The van der Waals surface area contributed by atoms with E-state index in [0.717, 1.165) is 107 Å². The van der Waals surface area contributed by atoms with E-state index in [0.29, 0.717) is 47.7 Å². The number of aromatic nitrogens is 3. The molecule has 2 aromatic carbocycles. The zero-order chi connectivity index (χ0) is 45.5. The Kier molecular flexibility index (Phi) is 12.5. The van der Waals surface area contributed by atoms with Gasteiger partial charge in [-0.05, 0) is 122 Å². The van der Waals surface area contributed by atoms with Gasteiger partial charge in [0.05, 0.1) is 35.9 Å². The molecule has 2 saturated carbocycles. The van der Waals surface area contributed by atoms with Crippen molar-refractivity contribution in [1.29, 1.82) is 0 Å². The van der Waals surface area contributed by atoms with Crippen LogP contribution in [0.4, 0.5) is 11.4 Å². The van der Waals surface area contributed by atoms with Crippen molar-refractivity contribution in [2.24, 2.45) is 16.7 Å². The summed E-state index contributed by atoms with van der Waals surface area (Å²) in [4.78, 5) is 41.9. The van der Waals surface area contributed by atoms with E-state index in [-0.39, 0.29) is 34.2 Å². The van der Waals surface area contributed by atoms with E-state index in [4.69, 9.17) is 9.47 Å². The quantitative estimate of drug-likeness (QED) is 0.0851. The number of carbonyl (C=O) groups is 1. The molecular formula is C50H61N7O7S. The van der Waals surface area contributed by atoms with Crippen molar-refractivity contribution in [2.75, 3.05) is 37.7 Å². The van der Waals surface area contributed by atoms with Crippen LogP contribution in [0.3, 0.4) is 0 Å². The number of nitrogens with zero attached hydrogens (tertiary/aromatic N) is 5. The molecule has 9 rings (SSSR count). The Bertz CT molecular complexity index is 2660. The van der Waals surface area contributed by atoms with Gasteiger partial charge < -0.3 is 19.4 Å². The summed E-state index contributed by atoms with van der Waals surface area (Å²) < 4.78 is 42.1. The molecule has 0 bridgehead atoms. The van der Waals surface area contributed by atoms with Crippen molar-refractivity contribution >= 4 is 38.3 Å². The molecule has 0 radical (unpaired) electrons. The second-order valence-corrected chi connectivity index (χ2v) is 21.7. The molecule has 2 saturated heterocycles. The molecule has 5 heterocycles. The molecule has 1 atom stereocenters. The van der Waals surface area contributed by atoms with E-state index >= 15 is 0 Å². The van der Waals surface area contributed by atoms with Crippen LogP contribution in [-0.4, -0.2) is 78.0 Å². The Balaban J connectivity index is 0.898. The number of benzene rings is 2. The van der Waals surface area contributed by atoms with Gasteiger partial charge in [0.15, 0.2) is 0 Å². The first kappa shape index (κ1) is 44.8.